The van der Waals surface area contributed by atoms with E-state index in [1.165, 1.54) is 12.1 Å². The number of benzene rings is 1. The summed E-state index contributed by atoms with van der Waals surface area (Å²) in [6.45, 7) is 0. The lowest BCUT2D eigenvalue weighted by Gasteiger charge is -2.04. The molecule has 1 aromatic carbocycles. The van der Waals surface area contributed by atoms with E-state index in [4.69, 9.17) is 22.6 Å². The molecule has 0 radical (unpaired) electrons. The fourth-order valence-electron chi connectivity index (χ4n) is 0.972. The highest BCUT2D eigenvalue weighted by Crippen LogP contribution is 2.23. The molecule has 0 aliphatic carbocycles. The van der Waals surface area contributed by atoms with E-state index in [0.29, 0.717) is 5.56 Å². The molecular formula is C9H6BrClN2O. The smallest absolute Gasteiger partial charge is 0.174 e. The van der Waals surface area contributed by atoms with Crippen molar-refractivity contribution in [3.8, 4) is 6.07 Å². The second-order valence-corrected chi connectivity index (χ2v) is 3.56. The van der Waals surface area contributed by atoms with Crippen molar-refractivity contribution in [1.82, 2.24) is 0 Å². The highest BCUT2D eigenvalue weighted by Gasteiger charge is 2.11. The first kappa shape index (κ1) is 11.0. The Labute approximate surface area is 94.6 Å². The van der Waals surface area contributed by atoms with Crippen molar-refractivity contribution in [1.29, 1.82) is 5.26 Å². The topological polar surface area (TPSA) is 66.9 Å². The summed E-state index contributed by atoms with van der Waals surface area (Å²) in [6, 6.07) is 4.70. The van der Waals surface area contributed by atoms with Crippen molar-refractivity contribution in [2.75, 3.05) is 11.1 Å². The number of alkyl halides is 1. The minimum atomic E-state index is -0.161. The van der Waals surface area contributed by atoms with Gasteiger partial charge in [-0.2, -0.15) is 5.26 Å². The molecule has 0 spiro atoms. The number of carbonyl (C=O) groups is 1. The fraction of sp³-hybridized carbons (Fsp3) is 0.111. The lowest BCUT2D eigenvalue weighted by atomic mass is 10.1. The van der Waals surface area contributed by atoms with E-state index < -0.39 is 0 Å². The molecule has 0 bridgehead atoms. The predicted octanol–water partition coefficient (Wildman–Crippen LogP) is 2.37. The van der Waals surface area contributed by atoms with Crippen LogP contribution in [0.1, 0.15) is 15.9 Å². The molecule has 14 heavy (non-hydrogen) atoms. The number of carbonyl (C=O) groups excluding carboxylic acids is 1. The van der Waals surface area contributed by atoms with Gasteiger partial charge in [0.25, 0.3) is 0 Å². The summed E-state index contributed by atoms with van der Waals surface area (Å²) < 4.78 is 0. The number of nitrogens with zero attached hydrogens (tertiary/aromatic N) is 1. The second kappa shape index (κ2) is 4.45. The summed E-state index contributed by atoms with van der Waals surface area (Å²) in [4.78, 5) is 11.3. The van der Waals surface area contributed by atoms with Gasteiger partial charge in [0, 0.05) is 5.56 Å². The molecule has 0 aliphatic rings. The standard InChI is InChI=1S/C9H6BrClN2O/c10-3-9(14)6-2-8(13)5(4-12)1-7(6)11/h1-2H,3,13H2. The molecule has 1 aromatic rings. The predicted molar refractivity (Wildman–Crippen MR) is 58.7 cm³/mol. The first-order valence-electron chi connectivity index (χ1n) is 3.68. The van der Waals surface area contributed by atoms with Crippen molar-refractivity contribution >= 4 is 39.0 Å². The number of nitrogen functional groups attached to an aromatic ring is 1. The SMILES string of the molecule is N#Cc1cc(Cl)c(C(=O)CBr)cc1N. The molecule has 0 saturated carbocycles. The highest BCUT2D eigenvalue weighted by molar-refractivity contribution is 9.09. The van der Waals surface area contributed by atoms with Gasteiger partial charge >= 0.3 is 0 Å². The number of ketones is 1. The number of hydrogen-bond donors (Lipinski definition) is 1. The van der Waals surface area contributed by atoms with Crippen LogP contribution in [0.25, 0.3) is 0 Å². The van der Waals surface area contributed by atoms with Gasteiger partial charge in [-0.1, -0.05) is 27.5 Å². The Kier molecular flexibility index (Phi) is 3.50. The number of anilines is 1. The normalized spacial score (nSPS) is 9.50. The quantitative estimate of drug-likeness (QED) is 0.511. The molecule has 0 atom stereocenters. The van der Waals surface area contributed by atoms with Crippen LogP contribution < -0.4 is 5.73 Å². The molecule has 2 N–H and O–H groups in total. The minimum absolute atomic E-state index is 0.161. The summed E-state index contributed by atoms with van der Waals surface area (Å²) in [7, 11) is 0. The zero-order valence-corrected chi connectivity index (χ0v) is 9.39. The molecule has 72 valence electrons. The number of halogens is 2. The highest BCUT2D eigenvalue weighted by atomic mass is 79.9. The molecule has 0 aromatic heterocycles. The van der Waals surface area contributed by atoms with Crippen LogP contribution in [0.3, 0.4) is 0 Å². The first-order valence-corrected chi connectivity index (χ1v) is 5.18. The number of hydrogen-bond acceptors (Lipinski definition) is 3. The van der Waals surface area contributed by atoms with Crippen LogP contribution in [-0.2, 0) is 0 Å². The molecule has 0 heterocycles. The Morgan fingerprint density at radius 3 is 2.79 bits per heavy atom. The largest absolute Gasteiger partial charge is 0.398 e. The van der Waals surface area contributed by atoms with Crippen molar-refractivity contribution < 1.29 is 4.79 Å². The van der Waals surface area contributed by atoms with Gasteiger partial charge in [0.2, 0.25) is 0 Å². The Hall–Kier alpha value is -1.05. The van der Waals surface area contributed by atoms with E-state index in [1.54, 1.807) is 0 Å². The maximum Gasteiger partial charge on any atom is 0.174 e. The monoisotopic (exact) mass is 272 g/mol. The number of nitriles is 1. The maximum absolute atomic E-state index is 11.3. The molecule has 1 rings (SSSR count). The Morgan fingerprint density at radius 1 is 1.64 bits per heavy atom. The summed E-state index contributed by atoms with van der Waals surface area (Å²) >= 11 is 8.84. The molecule has 3 nitrogen and oxygen atoms in total. The van der Waals surface area contributed by atoms with E-state index in [0.717, 1.165) is 0 Å². The van der Waals surface area contributed by atoms with Crippen molar-refractivity contribution in [2.24, 2.45) is 0 Å². The fourth-order valence-corrected chi connectivity index (χ4v) is 1.54. The van der Waals surface area contributed by atoms with E-state index in [9.17, 15) is 4.79 Å². The van der Waals surface area contributed by atoms with Gasteiger partial charge in [-0.15, -0.1) is 0 Å². The third-order valence-electron chi connectivity index (χ3n) is 1.68. The van der Waals surface area contributed by atoms with Gasteiger partial charge in [0.05, 0.1) is 21.6 Å². The summed E-state index contributed by atoms with van der Waals surface area (Å²) in [5, 5.41) is 9.08. The number of nitrogens with two attached hydrogens (primary N) is 1. The summed E-state index contributed by atoms with van der Waals surface area (Å²) in [5.74, 6) is -0.161. The van der Waals surface area contributed by atoms with Crippen molar-refractivity contribution in [3.05, 3.63) is 28.3 Å². The number of rotatable bonds is 2. The van der Waals surface area contributed by atoms with E-state index in [-0.39, 0.29) is 27.4 Å². The van der Waals surface area contributed by atoms with Gasteiger partial charge in [0.1, 0.15) is 6.07 Å². The lowest BCUT2D eigenvalue weighted by molar-refractivity contribution is 0.102. The maximum atomic E-state index is 11.3. The molecular weight excluding hydrogens is 267 g/mol. The Bertz CT molecular complexity index is 426. The van der Waals surface area contributed by atoms with E-state index >= 15 is 0 Å². The Morgan fingerprint density at radius 2 is 2.29 bits per heavy atom. The van der Waals surface area contributed by atoms with Crippen LogP contribution in [0.2, 0.25) is 5.02 Å². The second-order valence-electron chi connectivity index (χ2n) is 2.59. The molecule has 5 heteroatoms. The van der Waals surface area contributed by atoms with Crippen LogP contribution in [-0.4, -0.2) is 11.1 Å². The average Bonchev–Trinajstić information content (AvgIpc) is 2.19. The summed E-state index contributed by atoms with van der Waals surface area (Å²) in [6.07, 6.45) is 0. The van der Waals surface area contributed by atoms with Crippen LogP contribution in [0.4, 0.5) is 5.69 Å². The van der Waals surface area contributed by atoms with Gasteiger partial charge in [-0.05, 0) is 12.1 Å². The Balaban J connectivity index is 3.30. The van der Waals surface area contributed by atoms with Crippen LogP contribution in [0.15, 0.2) is 12.1 Å². The molecule has 0 fully saturated rings. The molecule has 0 aliphatic heterocycles. The summed E-state index contributed by atoms with van der Waals surface area (Å²) in [5.41, 5.74) is 6.42. The first-order chi connectivity index (χ1) is 6.60. The van der Waals surface area contributed by atoms with Crippen molar-refractivity contribution in [2.45, 2.75) is 0 Å². The van der Waals surface area contributed by atoms with Crippen LogP contribution in [0.5, 0.6) is 0 Å². The van der Waals surface area contributed by atoms with Crippen LogP contribution >= 0.6 is 27.5 Å². The lowest BCUT2D eigenvalue weighted by Crippen LogP contribution is -2.03. The number of Topliss-reactive ketones (excluding diaryl/α,β-unsaturated/α-hetero) is 1. The molecule has 0 saturated heterocycles. The van der Waals surface area contributed by atoms with Crippen LogP contribution in [0, 0.1) is 11.3 Å². The van der Waals surface area contributed by atoms with Crippen molar-refractivity contribution in [3.63, 3.8) is 0 Å². The van der Waals surface area contributed by atoms with E-state index in [1.807, 2.05) is 6.07 Å². The molecule has 0 amide bonds. The van der Waals surface area contributed by atoms with E-state index in [2.05, 4.69) is 15.9 Å². The minimum Gasteiger partial charge on any atom is -0.398 e. The van der Waals surface area contributed by atoms with Gasteiger partial charge < -0.3 is 5.73 Å². The zero-order chi connectivity index (χ0) is 10.7. The third-order valence-corrected chi connectivity index (χ3v) is 2.50. The van der Waals surface area contributed by atoms with Gasteiger partial charge in [-0.25, -0.2) is 0 Å². The zero-order valence-electron chi connectivity index (χ0n) is 7.05. The average molecular weight is 274 g/mol. The van der Waals surface area contributed by atoms with Gasteiger partial charge in [-0.3, -0.25) is 4.79 Å². The third kappa shape index (κ3) is 2.06. The van der Waals surface area contributed by atoms with Gasteiger partial charge in [0.15, 0.2) is 5.78 Å². The molecule has 0 unspecified atom stereocenters.